The fourth-order valence-electron chi connectivity index (χ4n) is 10.0. The zero-order valence-electron chi connectivity index (χ0n) is 44.7. The van der Waals surface area contributed by atoms with Crippen LogP contribution in [-0.4, -0.2) is 149 Å². The smallest absolute Gasteiger partial charge is 0.271 e. The van der Waals surface area contributed by atoms with E-state index in [0.29, 0.717) is 62.2 Å². The average molecular weight is 1090 g/mol. The predicted octanol–water partition coefficient (Wildman–Crippen LogP) is 7.94. The zero-order valence-corrected chi connectivity index (χ0v) is 46.3. The first-order valence-corrected chi connectivity index (χ1v) is 28.8. The lowest BCUT2D eigenvalue weighted by molar-refractivity contribution is 0.0902. The highest BCUT2D eigenvalue weighted by atomic mass is 32.2. The van der Waals surface area contributed by atoms with Crippen molar-refractivity contribution >= 4 is 81.7 Å². The predicted molar refractivity (Wildman–Crippen MR) is 308 cm³/mol. The number of hydrogen-bond donors (Lipinski definition) is 6. The maximum atomic E-state index is 12.3. The Morgan fingerprint density at radius 3 is 1.75 bits per heavy atom. The van der Waals surface area contributed by atoms with Crippen LogP contribution in [0.15, 0.2) is 77.8 Å². The maximum Gasteiger partial charge on any atom is 0.271 e. The molecule has 20 nitrogen and oxygen atoms in total. The number of primary amides is 2. The molecule has 6 aliphatic heterocycles. The number of anilines is 8. The lowest BCUT2D eigenvalue weighted by atomic mass is 10.1. The van der Waals surface area contributed by atoms with E-state index >= 15 is 0 Å². The molecule has 2 aromatic heterocycles. The normalized spacial score (nSPS) is 19.4. The van der Waals surface area contributed by atoms with Gasteiger partial charge in [0, 0.05) is 112 Å². The number of amides is 2. The molecule has 2 atom stereocenters. The minimum Gasteiger partial charge on any atom is -0.489 e. The molecule has 0 spiro atoms. The van der Waals surface area contributed by atoms with Gasteiger partial charge in [0.1, 0.15) is 30.5 Å². The number of aromatic nitrogens is 4. The van der Waals surface area contributed by atoms with E-state index in [1.165, 1.54) is 11.3 Å². The number of nitrogens with two attached hydrogens (primary N) is 2. The number of carbonyl (C=O) groups is 2. The van der Waals surface area contributed by atoms with Crippen LogP contribution in [0.4, 0.5) is 46.0 Å². The van der Waals surface area contributed by atoms with Crippen LogP contribution in [-0.2, 0) is 15.9 Å². The molecule has 4 fully saturated rings. The summed E-state index contributed by atoms with van der Waals surface area (Å²) in [6.07, 6.45) is 7.02. The summed E-state index contributed by atoms with van der Waals surface area (Å²) < 4.78 is 28.1. The molecule has 0 bridgehead atoms. The number of carbonyl (C=O) groups excluding carboxylic acids is 2. The first-order chi connectivity index (χ1) is 37.6. The molecule has 0 radical (unpaired) electrons. The molecule has 412 valence electrons. The molecule has 6 aliphatic rings. The Balaban J connectivity index is 0.000000181. The molecular formula is C55H74N14O6S2. The highest BCUT2D eigenvalue weighted by molar-refractivity contribution is 7.97. The Morgan fingerprint density at radius 1 is 0.649 bits per heavy atom. The summed E-state index contributed by atoms with van der Waals surface area (Å²) in [5, 5.41) is 13.4. The molecular weight excluding hydrogens is 1020 g/mol. The van der Waals surface area contributed by atoms with Crippen LogP contribution in [0, 0.1) is 0 Å². The lowest BCUT2D eigenvalue weighted by Crippen LogP contribution is -2.55. The molecule has 3 aromatic carbocycles. The number of hydrogen-bond acceptors (Lipinski definition) is 20. The summed E-state index contributed by atoms with van der Waals surface area (Å²) in [4.78, 5) is 48.7. The summed E-state index contributed by atoms with van der Waals surface area (Å²) in [5.41, 5.74) is 15.9. The van der Waals surface area contributed by atoms with Crippen molar-refractivity contribution in [1.29, 1.82) is 0 Å². The van der Waals surface area contributed by atoms with Gasteiger partial charge in [-0.1, -0.05) is 64.3 Å². The van der Waals surface area contributed by atoms with Crippen LogP contribution in [0.25, 0.3) is 0 Å². The molecule has 2 amide bonds. The van der Waals surface area contributed by atoms with Gasteiger partial charge in [0.2, 0.25) is 0 Å². The van der Waals surface area contributed by atoms with E-state index in [2.05, 4.69) is 112 Å². The van der Waals surface area contributed by atoms with Gasteiger partial charge in [0.15, 0.2) is 28.8 Å². The maximum absolute atomic E-state index is 12.3. The minimum absolute atomic E-state index is 0.0979. The number of ether oxygens (including phenoxy) is 4. The van der Waals surface area contributed by atoms with E-state index in [9.17, 15) is 9.59 Å². The van der Waals surface area contributed by atoms with Gasteiger partial charge in [0.25, 0.3) is 11.8 Å². The Bertz CT molecular complexity index is 2770. The van der Waals surface area contributed by atoms with Crippen molar-refractivity contribution in [2.24, 2.45) is 11.5 Å². The molecule has 77 heavy (non-hydrogen) atoms. The first-order valence-electron chi connectivity index (χ1n) is 27.1. The number of piperazine rings is 2. The van der Waals surface area contributed by atoms with Crippen molar-refractivity contribution < 1.29 is 28.5 Å². The van der Waals surface area contributed by atoms with Crippen molar-refractivity contribution in [3.63, 3.8) is 0 Å². The Hall–Kier alpha value is -6.30. The molecule has 8 N–H and O–H groups in total. The minimum atomic E-state index is -0.632. The van der Waals surface area contributed by atoms with Gasteiger partial charge in [-0.05, 0) is 80.5 Å². The Morgan fingerprint density at radius 2 is 1.19 bits per heavy atom. The van der Waals surface area contributed by atoms with Crippen LogP contribution in [0.5, 0.6) is 11.5 Å². The number of nitrogens with one attached hydrogen (secondary N) is 4. The van der Waals surface area contributed by atoms with Crippen molar-refractivity contribution in [2.45, 2.75) is 95.3 Å². The fraction of sp³-hybridized carbons (Fsp3) is 0.491. The molecule has 0 saturated carbocycles. The van der Waals surface area contributed by atoms with E-state index in [-0.39, 0.29) is 29.5 Å². The molecule has 11 rings (SSSR count). The van der Waals surface area contributed by atoms with Crippen LogP contribution >= 0.6 is 23.9 Å². The molecule has 22 heteroatoms. The molecule has 0 aliphatic carbocycles. The highest BCUT2D eigenvalue weighted by Crippen LogP contribution is 2.41. The van der Waals surface area contributed by atoms with Crippen LogP contribution < -0.4 is 52.0 Å². The second-order valence-electron chi connectivity index (χ2n) is 19.5. The largest absolute Gasteiger partial charge is 0.489 e. The van der Waals surface area contributed by atoms with E-state index in [4.69, 9.17) is 35.4 Å². The number of nitrogens with zero attached hydrogens (tertiary/aromatic N) is 8. The number of rotatable bonds is 15. The van der Waals surface area contributed by atoms with Crippen molar-refractivity contribution in [2.75, 3.05) is 116 Å². The quantitative estimate of drug-likeness (QED) is 0.0546. The summed E-state index contributed by atoms with van der Waals surface area (Å²) in [6.45, 7) is 18.3. The van der Waals surface area contributed by atoms with Gasteiger partial charge in [0.05, 0.1) is 35.3 Å². The fourth-order valence-corrected chi connectivity index (χ4v) is 11.9. The van der Waals surface area contributed by atoms with Crippen LogP contribution in [0.3, 0.4) is 0 Å². The molecule has 5 aromatic rings. The zero-order chi connectivity index (χ0) is 53.7. The highest BCUT2D eigenvalue weighted by Gasteiger charge is 2.35. The van der Waals surface area contributed by atoms with E-state index < -0.39 is 11.8 Å². The van der Waals surface area contributed by atoms with E-state index in [1.54, 1.807) is 18.1 Å². The molecule has 2 unspecified atom stereocenters. The van der Waals surface area contributed by atoms with Gasteiger partial charge in [-0.25, -0.2) is 28.5 Å². The summed E-state index contributed by atoms with van der Waals surface area (Å²) in [6, 6.07) is 23.6. The van der Waals surface area contributed by atoms with Crippen molar-refractivity contribution in [1.82, 2.24) is 28.5 Å². The summed E-state index contributed by atoms with van der Waals surface area (Å²) >= 11 is 3.69. The van der Waals surface area contributed by atoms with Gasteiger partial charge >= 0.3 is 0 Å². The molecule has 4 saturated heterocycles. The van der Waals surface area contributed by atoms with Crippen LogP contribution in [0.1, 0.15) is 86.5 Å². The number of aryl methyl sites for hydroxylation is 1. The standard InChI is InChI=1S/C29H35N7O3S.C23H31N7O3S.C3H8/c1-2-23-28(31-19-10-14-38-15-11-19)34-29(26(33-23)27(30)37)32-20-8-9-24-25(16-20)39-18-21-17-35(12-13-36(21)24)40-22-6-4-3-5-7-22;1-2-34-29-7-8-30-17(13-29)14-33-19-11-16(3-4-18(19)30)27-23-21(22(24)31)25-12-20(28-23)26-15-5-9-32-10-6-15;1-3-2/h3-9,16,19,21H,2,10-15,17-18H2,1H3,(H2,30,37)(H2,31,32,34);3-4,11-12,15,17H,2,5-10,13-14H2,1H3,(H2,24,31)(H2,26,27,28);3H2,1-2H3. The topological polar surface area (TPSA) is 236 Å². The number of benzene rings is 3. The second kappa shape index (κ2) is 26.8. The second-order valence-corrected chi connectivity index (χ2v) is 22.1. The third kappa shape index (κ3) is 14.3. The third-order valence-corrected chi connectivity index (χ3v) is 15.8. The van der Waals surface area contributed by atoms with Crippen molar-refractivity contribution in [3.05, 3.63) is 90.0 Å². The van der Waals surface area contributed by atoms with Gasteiger partial charge in [-0.15, -0.1) is 0 Å². The summed E-state index contributed by atoms with van der Waals surface area (Å²) in [7, 11) is 0. The Labute approximate surface area is 460 Å². The average Bonchev–Trinajstić information content (AvgIpc) is 3.47. The first kappa shape index (κ1) is 55.5. The van der Waals surface area contributed by atoms with Gasteiger partial charge in [-0.3, -0.25) is 9.59 Å². The SMILES string of the molecule is CCC.CCSN1CCN2c3ccc(Nc4nc(NC5CCOCC5)cnc4C(N)=O)cc3OCC2C1.CCc1nc(C(N)=O)c(Nc2ccc3c(c2)OCC2CN(Sc4ccccc4)CCN32)nc1NC1CCOCC1. The van der Waals surface area contributed by atoms with E-state index in [1.807, 2.05) is 49.2 Å². The van der Waals surface area contributed by atoms with Crippen LogP contribution in [0.2, 0.25) is 0 Å². The Kier molecular flexibility index (Phi) is 19.3. The van der Waals surface area contributed by atoms with Gasteiger partial charge < -0.3 is 61.5 Å². The van der Waals surface area contributed by atoms with E-state index in [0.717, 1.165) is 124 Å². The molecule has 8 heterocycles. The summed E-state index contributed by atoms with van der Waals surface area (Å²) in [5.74, 6) is 3.39. The van der Waals surface area contributed by atoms with Gasteiger partial charge in [-0.2, -0.15) is 0 Å². The monoisotopic (exact) mass is 1090 g/mol. The lowest BCUT2D eigenvalue weighted by Gasteiger charge is -2.45. The number of fused-ring (bicyclic) bond motifs is 6. The third-order valence-electron chi connectivity index (χ3n) is 13.8. The van der Waals surface area contributed by atoms with Crippen molar-refractivity contribution in [3.8, 4) is 11.5 Å².